The number of rotatable bonds is 7. The smallest absolute Gasteiger partial charge is 0.313 e. The molecule has 132 valence electrons. The fourth-order valence-corrected chi connectivity index (χ4v) is 3.16. The van der Waals surface area contributed by atoms with Crippen LogP contribution in [0.3, 0.4) is 0 Å². The van der Waals surface area contributed by atoms with E-state index in [1.165, 1.54) is 7.11 Å². The Hall–Kier alpha value is -2.08. The molecule has 0 aromatic heterocycles. The number of amides is 1. The Bertz CT molecular complexity index is 586. The fraction of sp³-hybridized carbons (Fsp3) is 0.556. The van der Waals surface area contributed by atoms with Crippen LogP contribution in [0.15, 0.2) is 24.3 Å². The summed E-state index contributed by atoms with van der Waals surface area (Å²) in [6.45, 7) is 2.80. The molecule has 1 fully saturated rings. The van der Waals surface area contributed by atoms with Crippen molar-refractivity contribution in [3.8, 4) is 5.75 Å². The third kappa shape index (κ3) is 3.87. The van der Waals surface area contributed by atoms with Gasteiger partial charge in [-0.05, 0) is 30.0 Å². The van der Waals surface area contributed by atoms with E-state index in [4.69, 9.17) is 9.47 Å². The summed E-state index contributed by atoms with van der Waals surface area (Å²) in [5, 5.41) is 9.47. The van der Waals surface area contributed by atoms with Crippen LogP contribution < -0.4 is 4.74 Å². The summed E-state index contributed by atoms with van der Waals surface area (Å²) in [7, 11) is 3.10. The molecule has 1 heterocycles. The molecule has 0 bridgehead atoms. The second kappa shape index (κ2) is 7.66. The predicted octanol–water partition coefficient (Wildman–Crippen LogP) is 2.14. The van der Waals surface area contributed by atoms with Gasteiger partial charge in [0, 0.05) is 26.6 Å². The summed E-state index contributed by atoms with van der Waals surface area (Å²) >= 11 is 0. The molecule has 0 spiro atoms. The lowest BCUT2D eigenvalue weighted by Crippen LogP contribution is -2.40. The highest BCUT2D eigenvalue weighted by Gasteiger charge is 2.46. The Morgan fingerprint density at radius 3 is 2.50 bits per heavy atom. The van der Waals surface area contributed by atoms with E-state index in [0.717, 1.165) is 11.3 Å². The van der Waals surface area contributed by atoms with Crippen LogP contribution in [0.1, 0.15) is 31.2 Å². The van der Waals surface area contributed by atoms with Gasteiger partial charge < -0.3 is 19.5 Å². The highest BCUT2D eigenvalue weighted by molar-refractivity contribution is 5.81. The van der Waals surface area contributed by atoms with Crippen LogP contribution in [0.25, 0.3) is 0 Å². The van der Waals surface area contributed by atoms with Crippen LogP contribution in [0.4, 0.5) is 0 Å². The molecule has 6 heteroatoms. The van der Waals surface area contributed by atoms with E-state index in [9.17, 15) is 14.7 Å². The van der Waals surface area contributed by atoms with Crippen LogP contribution in [0.2, 0.25) is 0 Å². The fourth-order valence-electron chi connectivity index (χ4n) is 3.16. The number of nitrogens with zero attached hydrogens (tertiary/aromatic N) is 1. The zero-order valence-corrected chi connectivity index (χ0v) is 14.4. The van der Waals surface area contributed by atoms with E-state index >= 15 is 0 Å². The average Bonchev–Trinajstić information content (AvgIpc) is 3.01. The molecule has 1 aromatic carbocycles. The highest BCUT2D eigenvalue weighted by Crippen LogP contribution is 2.32. The molecule has 2 unspecified atom stereocenters. The van der Waals surface area contributed by atoms with Crippen molar-refractivity contribution in [1.82, 2.24) is 4.90 Å². The molecule has 1 N–H and O–H groups in total. The zero-order chi connectivity index (χ0) is 17.7. The van der Waals surface area contributed by atoms with E-state index in [-0.39, 0.29) is 25.0 Å². The van der Waals surface area contributed by atoms with Gasteiger partial charge in [-0.2, -0.15) is 0 Å². The summed E-state index contributed by atoms with van der Waals surface area (Å²) in [5.74, 6) is -0.0753. The number of carboxylic acid groups (broad SMARTS) is 1. The van der Waals surface area contributed by atoms with Crippen molar-refractivity contribution in [2.75, 3.05) is 33.9 Å². The maximum absolute atomic E-state index is 12.5. The molecule has 2 atom stereocenters. The summed E-state index contributed by atoms with van der Waals surface area (Å²) in [4.78, 5) is 25.7. The molecule has 1 aromatic rings. The quantitative estimate of drug-likeness (QED) is 0.826. The van der Waals surface area contributed by atoms with E-state index in [0.29, 0.717) is 19.4 Å². The van der Waals surface area contributed by atoms with Crippen molar-refractivity contribution in [2.24, 2.45) is 5.41 Å². The molecular weight excluding hydrogens is 310 g/mol. The van der Waals surface area contributed by atoms with Gasteiger partial charge in [-0.1, -0.05) is 19.1 Å². The van der Waals surface area contributed by atoms with Gasteiger partial charge in [0.05, 0.1) is 13.7 Å². The number of carboxylic acids is 1. The van der Waals surface area contributed by atoms with Crippen molar-refractivity contribution < 1.29 is 24.2 Å². The molecule has 1 amide bonds. The molecule has 0 radical (unpaired) electrons. The van der Waals surface area contributed by atoms with Gasteiger partial charge in [-0.15, -0.1) is 0 Å². The van der Waals surface area contributed by atoms with Gasteiger partial charge in [-0.25, -0.2) is 0 Å². The first-order valence-electron chi connectivity index (χ1n) is 8.06. The van der Waals surface area contributed by atoms with Gasteiger partial charge in [-0.3, -0.25) is 9.59 Å². The molecule has 1 saturated heterocycles. The minimum Gasteiger partial charge on any atom is -0.497 e. The third-order valence-corrected chi connectivity index (χ3v) is 4.75. The van der Waals surface area contributed by atoms with Crippen LogP contribution in [0, 0.1) is 5.41 Å². The number of carbonyl (C=O) groups is 2. The molecule has 0 saturated carbocycles. The molecule has 2 rings (SSSR count). The van der Waals surface area contributed by atoms with E-state index < -0.39 is 11.4 Å². The Kier molecular flexibility index (Phi) is 5.83. The maximum atomic E-state index is 12.5. The molecule has 6 nitrogen and oxygen atoms in total. The largest absolute Gasteiger partial charge is 0.497 e. The first-order valence-corrected chi connectivity index (χ1v) is 8.06. The molecule has 1 aliphatic heterocycles. The van der Waals surface area contributed by atoms with Crippen molar-refractivity contribution in [2.45, 2.75) is 25.7 Å². The van der Waals surface area contributed by atoms with Crippen LogP contribution in [-0.4, -0.2) is 55.8 Å². The third-order valence-electron chi connectivity index (χ3n) is 4.75. The van der Waals surface area contributed by atoms with Gasteiger partial charge in [0.2, 0.25) is 5.91 Å². The monoisotopic (exact) mass is 335 g/mol. The number of likely N-dealkylation sites (tertiary alicyclic amines) is 1. The number of aliphatic carboxylic acids is 1. The number of hydrogen-bond acceptors (Lipinski definition) is 4. The van der Waals surface area contributed by atoms with Gasteiger partial charge in [0.25, 0.3) is 0 Å². The molecule has 1 aliphatic rings. The second-order valence-electron chi connectivity index (χ2n) is 6.46. The predicted molar refractivity (Wildman–Crippen MR) is 89.2 cm³/mol. The summed E-state index contributed by atoms with van der Waals surface area (Å²) in [5.41, 5.74) is 0.0815. The van der Waals surface area contributed by atoms with Crippen molar-refractivity contribution >= 4 is 11.9 Å². The lowest BCUT2D eigenvalue weighted by atomic mass is 9.88. The molecule has 0 aliphatic carbocycles. The van der Waals surface area contributed by atoms with Crippen LogP contribution >= 0.6 is 0 Å². The molecule has 24 heavy (non-hydrogen) atoms. The van der Waals surface area contributed by atoms with E-state index in [1.54, 1.807) is 12.0 Å². The second-order valence-corrected chi connectivity index (χ2v) is 6.46. The Morgan fingerprint density at radius 2 is 1.96 bits per heavy atom. The van der Waals surface area contributed by atoms with Crippen molar-refractivity contribution in [1.29, 1.82) is 0 Å². The summed E-state index contributed by atoms with van der Waals surface area (Å²) in [6.07, 6.45) is 0.786. The number of ether oxygens (including phenoxy) is 2. The first kappa shape index (κ1) is 18.3. The standard InChI is InChI=1S/C18H25NO5/c1-13(14-4-6-15(24-3)7-5-14)10-16(20)19-9-8-18(11-19,12-23-2)17(21)22/h4-7,13H,8-12H2,1-3H3,(H,21,22). The summed E-state index contributed by atoms with van der Waals surface area (Å²) in [6, 6.07) is 7.65. The number of hydrogen-bond donors (Lipinski definition) is 1. The Balaban J connectivity index is 1.98. The maximum Gasteiger partial charge on any atom is 0.313 e. The number of methoxy groups -OCH3 is 2. The number of carbonyl (C=O) groups excluding carboxylic acids is 1. The van der Waals surface area contributed by atoms with Gasteiger partial charge >= 0.3 is 5.97 Å². The zero-order valence-electron chi connectivity index (χ0n) is 14.4. The number of benzene rings is 1. The van der Waals surface area contributed by atoms with Crippen molar-refractivity contribution in [3.63, 3.8) is 0 Å². The highest BCUT2D eigenvalue weighted by atomic mass is 16.5. The lowest BCUT2D eigenvalue weighted by Gasteiger charge is -2.24. The Labute approximate surface area is 142 Å². The van der Waals surface area contributed by atoms with E-state index in [2.05, 4.69) is 0 Å². The van der Waals surface area contributed by atoms with Gasteiger partial charge in [0.15, 0.2) is 0 Å². The average molecular weight is 335 g/mol. The van der Waals surface area contributed by atoms with Gasteiger partial charge in [0.1, 0.15) is 11.2 Å². The first-order chi connectivity index (χ1) is 11.4. The Morgan fingerprint density at radius 1 is 1.29 bits per heavy atom. The SMILES string of the molecule is COCC1(C(=O)O)CCN(C(=O)CC(C)c2ccc(OC)cc2)C1. The minimum absolute atomic E-state index is 0.0162. The van der Waals surface area contributed by atoms with E-state index in [1.807, 2.05) is 31.2 Å². The minimum atomic E-state index is -0.978. The lowest BCUT2D eigenvalue weighted by molar-refractivity contribution is -0.151. The van der Waals surface area contributed by atoms with Crippen molar-refractivity contribution in [3.05, 3.63) is 29.8 Å². The summed E-state index contributed by atoms with van der Waals surface area (Å²) < 4.78 is 10.2. The normalized spacial score (nSPS) is 21.5. The van der Waals surface area contributed by atoms with Crippen LogP contribution in [-0.2, 0) is 14.3 Å². The van der Waals surface area contributed by atoms with Crippen LogP contribution in [0.5, 0.6) is 5.75 Å². The topological polar surface area (TPSA) is 76.1 Å². The molecular formula is C18H25NO5.